The Hall–Kier alpha value is -1.67. The Labute approximate surface area is 123 Å². The van der Waals surface area contributed by atoms with Crippen LogP contribution in [0.5, 0.6) is 0 Å². The largest absolute Gasteiger partial charge is 0.396 e. The summed E-state index contributed by atoms with van der Waals surface area (Å²) < 4.78 is 40.3. The lowest BCUT2D eigenvalue weighted by molar-refractivity contribution is -0.126. The number of nitrogen functional groups attached to an aromatic ring is 1. The number of carbonyl (C=O) groups is 1. The van der Waals surface area contributed by atoms with Gasteiger partial charge in [0.1, 0.15) is 11.9 Å². The Morgan fingerprint density at radius 1 is 1.43 bits per heavy atom. The highest BCUT2D eigenvalue weighted by Gasteiger charge is 2.37. The van der Waals surface area contributed by atoms with Crippen molar-refractivity contribution in [1.29, 1.82) is 0 Å². The number of halogens is 1. The van der Waals surface area contributed by atoms with Gasteiger partial charge in [-0.2, -0.15) is 4.31 Å². The number of hydrogen-bond acceptors (Lipinski definition) is 4. The molecule has 1 aliphatic rings. The van der Waals surface area contributed by atoms with Crippen molar-refractivity contribution >= 4 is 21.6 Å². The molecule has 116 valence electrons. The van der Waals surface area contributed by atoms with E-state index in [-0.39, 0.29) is 40.7 Å². The molecule has 1 aromatic carbocycles. The number of nitrogens with one attached hydrogen (secondary N) is 1. The van der Waals surface area contributed by atoms with Crippen molar-refractivity contribution in [3.8, 4) is 0 Å². The van der Waals surface area contributed by atoms with Crippen LogP contribution in [0.15, 0.2) is 11.0 Å². The van der Waals surface area contributed by atoms with Crippen molar-refractivity contribution in [2.75, 3.05) is 18.8 Å². The van der Waals surface area contributed by atoms with Crippen LogP contribution in [0.2, 0.25) is 0 Å². The Morgan fingerprint density at radius 2 is 2.05 bits per heavy atom. The summed E-state index contributed by atoms with van der Waals surface area (Å²) in [5, 5.41) is 2.61. The first kappa shape index (κ1) is 15.7. The van der Waals surface area contributed by atoms with Crippen molar-refractivity contribution in [3.05, 3.63) is 23.0 Å². The van der Waals surface area contributed by atoms with E-state index in [1.807, 2.05) is 0 Å². The lowest BCUT2D eigenvalue weighted by Crippen LogP contribution is -2.55. The number of hydrogen-bond donors (Lipinski definition) is 2. The van der Waals surface area contributed by atoms with E-state index in [9.17, 15) is 17.6 Å². The number of benzene rings is 1. The number of rotatable bonds is 2. The molecule has 1 atom stereocenters. The third kappa shape index (κ3) is 2.49. The molecule has 1 heterocycles. The smallest absolute Gasteiger partial charge is 0.244 e. The van der Waals surface area contributed by atoms with E-state index < -0.39 is 21.9 Å². The van der Waals surface area contributed by atoms with Crippen LogP contribution in [0.25, 0.3) is 0 Å². The summed E-state index contributed by atoms with van der Waals surface area (Å²) >= 11 is 0. The summed E-state index contributed by atoms with van der Waals surface area (Å²) in [5.74, 6) is -0.997. The summed E-state index contributed by atoms with van der Waals surface area (Å²) in [6.07, 6.45) is 0. The molecule has 21 heavy (non-hydrogen) atoms. The molecule has 3 N–H and O–H groups in total. The van der Waals surface area contributed by atoms with Gasteiger partial charge in [0.15, 0.2) is 0 Å². The predicted octanol–water partition coefficient (Wildman–Crippen LogP) is 0.534. The number of anilines is 1. The zero-order valence-corrected chi connectivity index (χ0v) is 12.9. The summed E-state index contributed by atoms with van der Waals surface area (Å²) in [7, 11) is -3.92. The number of nitrogens with zero attached hydrogens (tertiary/aromatic N) is 1. The Balaban J connectivity index is 2.60. The summed E-state index contributed by atoms with van der Waals surface area (Å²) in [6, 6.07) is 0.290. The number of piperazine rings is 1. The van der Waals surface area contributed by atoms with Crippen molar-refractivity contribution in [2.45, 2.75) is 31.7 Å². The van der Waals surface area contributed by atoms with Crippen LogP contribution in [0.4, 0.5) is 10.1 Å². The third-order valence-electron chi connectivity index (χ3n) is 3.71. The first-order valence-electron chi connectivity index (χ1n) is 6.52. The first-order chi connectivity index (χ1) is 9.67. The number of amides is 1. The molecule has 1 unspecified atom stereocenters. The van der Waals surface area contributed by atoms with Gasteiger partial charge in [-0.25, -0.2) is 12.8 Å². The Kier molecular flexibility index (Phi) is 3.94. The maximum atomic E-state index is 13.6. The molecule has 1 amide bonds. The van der Waals surface area contributed by atoms with Gasteiger partial charge < -0.3 is 11.1 Å². The van der Waals surface area contributed by atoms with E-state index >= 15 is 0 Å². The van der Waals surface area contributed by atoms with Gasteiger partial charge >= 0.3 is 0 Å². The van der Waals surface area contributed by atoms with E-state index in [0.717, 1.165) is 10.4 Å². The molecule has 6 nitrogen and oxygen atoms in total. The van der Waals surface area contributed by atoms with Gasteiger partial charge in [-0.1, -0.05) is 0 Å². The molecule has 0 bridgehead atoms. The average Bonchev–Trinajstić information content (AvgIpc) is 2.38. The fourth-order valence-electron chi connectivity index (χ4n) is 2.53. The second-order valence-electron chi connectivity index (χ2n) is 5.13. The van der Waals surface area contributed by atoms with Gasteiger partial charge in [-0.15, -0.1) is 0 Å². The maximum absolute atomic E-state index is 13.6. The molecule has 1 aromatic rings. The predicted molar refractivity (Wildman–Crippen MR) is 76.6 cm³/mol. The van der Waals surface area contributed by atoms with Gasteiger partial charge in [0.25, 0.3) is 0 Å². The molecule has 1 saturated heterocycles. The zero-order chi connectivity index (χ0) is 15.9. The lowest BCUT2D eigenvalue weighted by atomic mass is 10.1. The van der Waals surface area contributed by atoms with Crippen molar-refractivity contribution in [1.82, 2.24) is 9.62 Å². The van der Waals surface area contributed by atoms with Crippen LogP contribution in [0.1, 0.15) is 18.1 Å². The van der Waals surface area contributed by atoms with E-state index in [2.05, 4.69) is 5.32 Å². The topological polar surface area (TPSA) is 92.5 Å². The van der Waals surface area contributed by atoms with Crippen LogP contribution in [0, 0.1) is 19.7 Å². The monoisotopic (exact) mass is 315 g/mol. The zero-order valence-electron chi connectivity index (χ0n) is 12.1. The Morgan fingerprint density at radius 3 is 2.67 bits per heavy atom. The number of sulfonamides is 1. The van der Waals surface area contributed by atoms with E-state index in [0.29, 0.717) is 0 Å². The fraction of sp³-hybridized carbons (Fsp3) is 0.462. The molecule has 1 fully saturated rings. The Bertz CT molecular complexity index is 703. The highest BCUT2D eigenvalue weighted by molar-refractivity contribution is 7.89. The molecule has 8 heteroatoms. The standard InChI is InChI=1S/C13H18FN3O3S/c1-7-6-10(14)11(15)8(2)12(7)21(19,20)17-5-4-16-13(18)9(17)3/h6,9H,4-5,15H2,1-3H3,(H,16,18). The van der Waals surface area contributed by atoms with E-state index in [1.165, 1.54) is 20.8 Å². The minimum absolute atomic E-state index is 0.0250. The minimum atomic E-state index is -3.92. The number of nitrogens with two attached hydrogens (primary N) is 1. The second kappa shape index (κ2) is 5.27. The quantitative estimate of drug-likeness (QED) is 0.779. The van der Waals surface area contributed by atoms with Gasteiger partial charge in [-0.3, -0.25) is 4.79 Å². The van der Waals surface area contributed by atoms with Crippen molar-refractivity contribution in [2.24, 2.45) is 0 Å². The van der Waals surface area contributed by atoms with Crippen LogP contribution in [-0.2, 0) is 14.8 Å². The number of carbonyl (C=O) groups excluding carboxylic acids is 1. The molecule has 0 spiro atoms. The normalized spacial score (nSPS) is 20.4. The van der Waals surface area contributed by atoms with Crippen LogP contribution in [-0.4, -0.2) is 37.8 Å². The van der Waals surface area contributed by atoms with Gasteiger partial charge in [0, 0.05) is 13.1 Å². The van der Waals surface area contributed by atoms with Gasteiger partial charge in [0.2, 0.25) is 15.9 Å². The van der Waals surface area contributed by atoms with Crippen molar-refractivity contribution in [3.63, 3.8) is 0 Å². The average molecular weight is 315 g/mol. The molecular formula is C13H18FN3O3S. The molecule has 0 aliphatic carbocycles. The highest BCUT2D eigenvalue weighted by atomic mass is 32.2. The van der Waals surface area contributed by atoms with Crippen molar-refractivity contribution < 1.29 is 17.6 Å². The van der Waals surface area contributed by atoms with Gasteiger partial charge in [-0.05, 0) is 38.0 Å². The van der Waals surface area contributed by atoms with Crippen LogP contribution in [0.3, 0.4) is 0 Å². The molecule has 0 saturated carbocycles. The third-order valence-corrected chi connectivity index (χ3v) is 5.97. The van der Waals surface area contributed by atoms with Crippen LogP contribution >= 0.6 is 0 Å². The SMILES string of the molecule is Cc1cc(F)c(N)c(C)c1S(=O)(=O)N1CCNC(=O)C1C. The van der Waals surface area contributed by atoms with Crippen LogP contribution < -0.4 is 11.1 Å². The molecule has 0 radical (unpaired) electrons. The fourth-order valence-corrected chi connectivity index (χ4v) is 4.58. The van der Waals surface area contributed by atoms with E-state index in [4.69, 9.17) is 5.73 Å². The summed E-state index contributed by atoms with van der Waals surface area (Å²) in [4.78, 5) is 11.6. The minimum Gasteiger partial charge on any atom is -0.396 e. The first-order valence-corrected chi connectivity index (χ1v) is 7.96. The summed E-state index contributed by atoms with van der Waals surface area (Å²) in [6.45, 7) is 4.91. The molecular weight excluding hydrogens is 297 g/mol. The molecule has 1 aliphatic heterocycles. The van der Waals surface area contributed by atoms with Gasteiger partial charge in [0.05, 0.1) is 10.6 Å². The lowest BCUT2D eigenvalue weighted by Gasteiger charge is -2.32. The highest BCUT2D eigenvalue weighted by Crippen LogP contribution is 2.31. The summed E-state index contributed by atoms with van der Waals surface area (Å²) in [5.41, 5.74) is 5.86. The molecule has 0 aromatic heterocycles. The maximum Gasteiger partial charge on any atom is 0.244 e. The van der Waals surface area contributed by atoms with E-state index in [1.54, 1.807) is 0 Å². The molecule has 2 rings (SSSR count). The second-order valence-corrected chi connectivity index (χ2v) is 6.95. The number of aryl methyl sites for hydroxylation is 1.